The molecule has 0 aromatic rings. The zero-order valence-electron chi connectivity index (χ0n) is 11.1. The Hall–Kier alpha value is -0.280. The van der Waals surface area contributed by atoms with Crippen molar-refractivity contribution in [1.82, 2.24) is 5.32 Å². The lowest BCUT2D eigenvalue weighted by atomic mass is 9.86. The largest absolute Gasteiger partial charge is 0.366 e. The number of alkyl halides is 1. The van der Waals surface area contributed by atoms with E-state index in [1.807, 2.05) is 20.8 Å². The zero-order chi connectivity index (χ0) is 12.9. The SMILES string of the molecule is CC(C)(C)OCC(=O)NC1CCCCC1CCl. The molecule has 0 saturated heterocycles. The summed E-state index contributed by atoms with van der Waals surface area (Å²) < 4.78 is 5.46. The molecule has 17 heavy (non-hydrogen) atoms. The molecule has 2 unspecified atom stereocenters. The number of amides is 1. The van der Waals surface area contributed by atoms with Gasteiger partial charge in [0, 0.05) is 11.9 Å². The minimum absolute atomic E-state index is 0.0260. The van der Waals surface area contributed by atoms with Gasteiger partial charge in [0.1, 0.15) is 6.61 Å². The Kier molecular flexibility index (Phi) is 5.74. The van der Waals surface area contributed by atoms with Crippen molar-refractivity contribution in [2.24, 2.45) is 5.92 Å². The lowest BCUT2D eigenvalue weighted by molar-refractivity contribution is -0.131. The third-order valence-electron chi connectivity index (χ3n) is 3.09. The maximum absolute atomic E-state index is 11.7. The molecule has 3 nitrogen and oxygen atoms in total. The Morgan fingerprint density at radius 2 is 2.00 bits per heavy atom. The molecule has 1 aliphatic rings. The van der Waals surface area contributed by atoms with Gasteiger partial charge in [0.25, 0.3) is 0 Å². The second kappa shape index (κ2) is 6.60. The maximum atomic E-state index is 11.7. The van der Waals surface area contributed by atoms with E-state index >= 15 is 0 Å². The highest BCUT2D eigenvalue weighted by Gasteiger charge is 2.26. The Morgan fingerprint density at radius 1 is 1.35 bits per heavy atom. The first kappa shape index (κ1) is 14.8. The molecule has 0 aliphatic heterocycles. The summed E-state index contributed by atoms with van der Waals surface area (Å²) in [6.07, 6.45) is 4.56. The number of nitrogens with one attached hydrogen (secondary N) is 1. The van der Waals surface area contributed by atoms with E-state index in [9.17, 15) is 4.79 Å². The van der Waals surface area contributed by atoms with Crippen molar-refractivity contribution in [3.05, 3.63) is 0 Å². The lowest BCUT2D eigenvalue weighted by Crippen LogP contribution is -2.45. The molecular weight excluding hydrogens is 238 g/mol. The van der Waals surface area contributed by atoms with Crippen molar-refractivity contribution in [1.29, 1.82) is 0 Å². The molecule has 1 rings (SSSR count). The highest BCUT2D eigenvalue weighted by Crippen LogP contribution is 2.25. The van der Waals surface area contributed by atoms with Crippen LogP contribution in [0.2, 0.25) is 0 Å². The van der Waals surface area contributed by atoms with E-state index in [1.165, 1.54) is 12.8 Å². The predicted octanol–water partition coefficient (Wildman–Crippen LogP) is 2.72. The second-order valence-corrected chi connectivity index (χ2v) is 6.08. The van der Waals surface area contributed by atoms with Crippen LogP contribution in [0.25, 0.3) is 0 Å². The van der Waals surface area contributed by atoms with Crippen molar-refractivity contribution < 1.29 is 9.53 Å². The van der Waals surface area contributed by atoms with E-state index in [0.29, 0.717) is 11.8 Å². The smallest absolute Gasteiger partial charge is 0.246 e. The van der Waals surface area contributed by atoms with E-state index in [2.05, 4.69) is 5.32 Å². The van der Waals surface area contributed by atoms with Crippen LogP contribution in [0.1, 0.15) is 46.5 Å². The van der Waals surface area contributed by atoms with Gasteiger partial charge in [-0.1, -0.05) is 12.8 Å². The van der Waals surface area contributed by atoms with E-state index in [0.717, 1.165) is 12.8 Å². The molecule has 0 spiro atoms. The van der Waals surface area contributed by atoms with Crippen molar-refractivity contribution in [2.75, 3.05) is 12.5 Å². The molecule has 4 heteroatoms. The third kappa shape index (κ3) is 5.73. The van der Waals surface area contributed by atoms with Gasteiger partial charge >= 0.3 is 0 Å². The number of halogens is 1. The first-order chi connectivity index (χ1) is 7.92. The average molecular weight is 262 g/mol. The average Bonchev–Trinajstić information content (AvgIpc) is 2.26. The Labute approximate surface area is 109 Å². The number of carbonyl (C=O) groups is 1. The van der Waals surface area contributed by atoms with Crippen LogP contribution in [0.4, 0.5) is 0 Å². The topological polar surface area (TPSA) is 38.3 Å². The van der Waals surface area contributed by atoms with Gasteiger partial charge in [0.2, 0.25) is 5.91 Å². The number of rotatable bonds is 4. The van der Waals surface area contributed by atoms with Gasteiger partial charge in [0.15, 0.2) is 0 Å². The highest BCUT2D eigenvalue weighted by atomic mass is 35.5. The normalized spacial score (nSPS) is 25.6. The summed E-state index contributed by atoms with van der Waals surface area (Å²) in [4.78, 5) is 11.7. The first-order valence-corrected chi connectivity index (χ1v) is 6.95. The van der Waals surface area contributed by atoms with Crippen molar-refractivity contribution in [3.8, 4) is 0 Å². The van der Waals surface area contributed by atoms with E-state index in [4.69, 9.17) is 16.3 Å². The predicted molar refractivity (Wildman–Crippen MR) is 70.3 cm³/mol. The molecule has 1 fully saturated rings. The van der Waals surface area contributed by atoms with Crippen LogP contribution in [0.15, 0.2) is 0 Å². The van der Waals surface area contributed by atoms with Gasteiger partial charge in [-0.15, -0.1) is 11.6 Å². The quantitative estimate of drug-likeness (QED) is 0.791. The van der Waals surface area contributed by atoms with Crippen LogP contribution < -0.4 is 5.32 Å². The van der Waals surface area contributed by atoms with Gasteiger partial charge < -0.3 is 10.1 Å². The molecule has 1 N–H and O–H groups in total. The Bertz CT molecular complexity index is 250. The molecule has 0 aromatic carbocycles. The Morgan fingerprint density at radius 3 is 2.59 bits per heavy atom. The maximum Gasteiger partial charge on any atom is 0.246 e. The standard InChI is InChI=1S/C13H24ClNO2/c1-13(2,3)17-9-12(16)15-11-7-5-4-6-10(11)8-14/h10-11H,4-9H2,1-3H3,(H,15,16). The van der Waals surface area contributed by atoms with Gasteiger partial charge in [0.05, 0.1) is 5.60 Å². The van der Waals surface area contributed by atoms with Crippen LogP contribution in [0, 0.1) is 5.92 Å². The summed E-state index contributed by atoms with van der Waals surface area (Å²) in [5, 5.41) is 3.04. The molecule has 1 saturated carbocycles. The molecule has 0 heterocycles. The number of hydrogen-bond donors (Lipinski definition) is 1. The van der Waals surface area contributed by atoms with Gasteiger partial charge in [-0.05, 0) is 39.5 Å². The molecule has 0 bridgehead atoms. The summed E-state index contributed by atoms with van der Waals surface area (Å²) in [7, 11) is 0. The summed E-state index contributed by atoms with van der Waals surface area (Å²) in [6, 6.07) is 0.234. The molecule has 0 radical (unpaired) electrons. The fourth-order valence-corrected chi connectivity index (χ4v) is 2.48. The highest BCUT2D eigenvalue weighted by molar-refractivity contribution is 6.18. The summed E-state index contributed by atoms with van der Waals surface area (Å²) in [5.74, 6) is 1.02. The van der Waals surface area contributed by atoms with Crippen molar-refractivity contribution in [2.45, 2.75) is 58.1 Å². The fourth-order valence-electron chi connectivity index (χ4n) is 2.11. The molecule has 100 valence electrons. The molecule has 2 atom stereocenters. The summed E-state index contributed by atoms with van der Waals surface area (Å²) >= 11 is 5.93. The van der Waals surface area contributed by atoms with Crippen molar-refractivity contribution >= 4 is 17.5 Å². The monoisotopic (exact) mass is 261 g/mol. The van der Waals surface area contributed by atoms with Crippen LogP contribution >= 0.6 is 11.6 Å². The van der Waals surface area contributed by atoms with Crippen LogP contribution in [-0.2, 0) is 9.53 Å². The molecule has 1 aliphatic carbocycles. The summed E-state index contributed by atoms with van der Waals surface area (Å²) in [6.45, 7) is 5.97. The van der Waals surface area contributed by atoms with Crippen LogP contribution in [0.3, 0.4) is 0 Å². The molecule has 0 aromatic heterocycles. The number of hydrogen-bond acceptors (Lipinski definition) is 2. The second-order valence-electron chi connectivity index (χ2n) is 5.77. The summed E-state index contributed by atoms with van der Waals surface area (Å²) in [5.41, 5.74) is -0.268. The van der Waals surface area contributed by atoms with E-state index < -0.39 is 0 Å². The van der Waals surface area contributed by atoms with Gasteiger partial charge in [-0.25, -0.2) is 0 Å². The number of ether oxygens (including phenoxy) is 1. The minimum atomic E-state index is -0.268. The van der Waals surface area contributed by atoms with Crippen LogP contribution in [0.5, 0.6) is 0 Å². The minimum Gasteiger partial charge on any atom is -0.366 e. The van der Waals surface area contributed by atoms with Crippen LogP contribution in [-0.4, -0.2) is 30.0 Å². The zero-order valence-corrected chi connectivity index (χ0v) is 11.8. The van der Waals surface area contributed by atoms with Gasteiger partial charge in [-0.3, -0.25) is 4.79 Å². The third-order valence-corrected chi connectivity index (χ3v) is 3.49. The molecule has 1 amide bonds. The van der Waals surface area contributed by atoms with Crippen molar-refractivity contribution in [3.63, 3.8) is 0 Å². The number of carbonyl (C=O) groups excluding carboxylic acids is 1. The molecular formula is C13H24ClNO2. The van der Waals surface area contributed by atoms with E-state index in [-0.39, 0.29) is 24.2 Å². The first-order valence-electron chi connectivity index (χ1n) is 6.41. The fraction of sp³-hybridized carbons (Fsp3) is 0.923. The lowest BCUT2D eigenvalue weighted by Gasteiger charge is -2.31. The van der Waals surface area contributed by atoms with E-state index in [1.54, 1.807) is 0 Å². The Balaban J connectivity index is 2.33. The van der Waals surface area contributed by atoms with Gasteiger partial charge in [-0.2, -0.15) is 0 Å².